The number of hydrogen-bond donors (Lipinski definition) is 2. The molecule has 0 spiro atoms. The highest BCUT2D eigenvalue weighted by Crippen LogP contribution is 2.23. The zero-order chi connectivity index (χ0) is 13.1. The smallest absolute Gasteiger partial charge is 0.255 e. The third-order valence-corrected chi connectivity index (χ3v) is 2.87. The van der Waals surface area contributed by atoms with Crippen LogP contribution in [0.5, 0.6) is 0 Å². The lowest BCUT2D eigenvalue weighted by Gasteiger charge is -2.07. The lowest BCUT2D eigenvalue weighted by atomic mass is 10.2. The molecule has 0 atom stereocenters. The minimum Gasteiger partial charge on any atom is -0.329 e. The number of anilines is 1. The van der Waals surface area contributed by atoms with Gasteiger partial charge in [-0.25, -0.2) is 4.39 Å². The van der Waals surface area contributed by atoms with Crippen molar-refractivity contribution in [1.29, 1.82) is 0 Å². The van der Waals surface area contributed by atoms with Gasteiger partial charge in [-0.3, -0.25) is 9.59 Å². The van der Waals surface area contributed by atoms with Crippen molar-refractivity contribution in [2.24, 2.45) is 0 Å². The van der Waals surface area contributed by atoms with Crippen molar-refractivity contribution < 1.29 is 9.18 Å². The van der Waals surface area contributed by atoms with Crippen molar-refractivity contribution in [1.82, 2.24) is 4.98 Å². The van der Waals surface area contributed by atoms with Crippen LogP contribution in [0.25, 0.3) is 0 Å². The van der Waals surface area contributed by atoms with Gasteiger partial charge in [0, 0.05) is 22.3 Å². The lowest BCUT2D eigenvalue weighted by Crippen LogP contribution is -2.15. The molecule has 0 radical (unpaired) electrons. The number of benzene rings is 1. The molecule has 0 aliphatic rings. The average Bonchev–Trinajstić information content (AvgIpc) is 2.32. The number of aromatic amines is 1. The highest BCUT2D eigenvalue weighted by Gasteiger charge is 2.09. The molecular formula is C12H8BrFN2O2. The molecule has 1 aromatic carbocycles. The van der Waals surface area contributed by atoms with Gasteiger partial charge in [0.1, 0.15) is 5.82 Å². The van der Waals surface area contributed by atoms with Gasteiger partial charge in [0.05, 0.1) is 5.69 Å². The second-order valence-corrected chi connectivity index (χ2v) is 4.37. The van der Waals surface area contributed by atoms with E-state index >= 15 is 0 Å². The summed E-state index contributed by atoms with van der Waals surface area (Å²) in [6.07, 6.45) is 1.39. The topological polar surface area (TPSA) is 62.0 Å². The minimum atomic E-state index is -0.437. The van der Waals surface area contributed by atoms with E-state index in [1.807, 2.05) is 0 Å². The van der Waals surface area contributed by atoms with Crippen molar-refractivity contribution in [2.75, 3.05) is 5.32 Å². The van der Waals surface area contributed by atoms with Crippen LogP contribution in [0.4, 0.5) is 10.1 Å². The van der Waals surface area contributed by atoms with Crippen LogP contribution in [0.1, 0.15) is 10.4 Å². The Balaban J connectivity index is 2.24. The van der Waals surface area contributed by atoms with Crippen LogP contribution in [0.15, 0.2) is 45.8 Å². The molecule has 0 unspecified atom stereocenters. The number of nitrogens with one attached hydrogen (secondary N) is 2. The van der Waals surface area contributed by atoms with Gasteiger partial charge in [0.25, 0.3) is 5.91 Å². The van der Waals surface area contributed by atoms with Gasteiger partial charge >= 0.3 is 0 Å². The van der Waals surface area contributed by atoms with Crippen molar-refractivity contribution in [3.05, 3.63) is 62.7 Å². The highest BCUT2D eigenvalue weighted by atomic mass is 79.9. The van der Waals surface area contributed by atoms with Crippen molar-refractivity contribution in [3.63, 3.8) is 0 Å². The van der Waals surface area contributed by atoms with Gasteiger partial charge < -0.3 is 10.3 Å². The molecule has 6 heteroatoms. The Labute approximate surface area is 110 Å². The predicted molar refractivity (Wildman–Crippen MR) is 69.1 cm³/mol. The number of hydrogen-bond acceptors (Lipinski definition) is 2. The maximum absolute atomic E-state index is 12.9. The molecule has 18 heavy (non-hydrogen) atoms. The number of aromatic nitrogens is 1. The van der Waals surface area contributed by atoms with E-state index in [2.05, 4.69) is 26.2 Å². The third kappa shape index (κ3) is 2.84. The van der Waals surface area contributed by atoms with E-state index in [0.29, 0.717) is 10.2 Å². The maximum Gasteiger partial charge on any atom is 0.255 e. The molecule has 0 aliphatic carbocycles. The average molecular weight is 311 g/mol. The fourth-order valence-corrected chi connectivity index (χ4v) is 1.82. The molecule has 0 bridgehead atoms. The van der Waals surface area contributed by atoms with E-state index in [9.17, 15) is 14.0 Å². The Morgan fingerprint density at radius 3 is 2.72 bits per heavy atom. The number of halogens is 2. The van der Waals surface area contributed by atoms with Crippen LogP contribution in [-0.4, -0.2) is 10.9 Å². The van der Waals surface area contributed by atoms with Crippen molar-refractivity contribution in [3.8, 4) is 0 Å². The van der Waals surface area contributed by atoms with Gasteiger partial charge in [0.15, 0.2) is 0 Å². The number of carbonyl (C=O) groups excluding carboxylic acids is 1. The van der Waals surface area contributed by atoms with Crippen LogP contribution in [0.2, 0.25) is 0 Å². The number of pyridine rings is 1. The first kappa shape index (κ1) is 12.5. The largest absolute Gasteiger partial charge is 0.329 e. The molecular weight excluding hydrogens is 303 g/mol. The maximum atomic E-state index is 12.9. The van der Waals surface area contributed by atoms with Crippen LogP contribution in [-0.2, 0) is 0 Å². The highest BCUT2D eigenvalue weighted by molar-refractivity contribution is 9.10. The van der Waals surface area contributed by atoms with E-state index in [1.54, 1.807) is 0 Å². The summed E-state index contributed by atoms with van der Waals surface area (Å²) in [5.74, 6) is -0.843. The molecule has 2 N–H and O–H groups in total. The summed E-state index contributed by atoms with van der Waals surface area (Å²) in [5, 5.41) is 2.58. The molecule has 0 saturated heterocycles. The van der Waals surface area contributed by atoms with E-state index in [-0.39, 0.29) is 11.1 Å². The zero-order valence-electron chi connectivity index (χ0n) is 9.04. The molecule has 1 aromatic heterocycles. The zero-order valence-corrected chi connectivity index (χ0v) is 10.6. The van der Waals surface area contributed by atoms with E-state index < -0.39 is 11.7 Å². The Bertz CT molecular complexity index is 655. The van der Waals surface area contributed by atoms with Gasteiger partial charge in [-0.05, 0) is 40.2 Å². The summed E-state index contributed by atoms with van der Waals surface area (Å²) >= 11 is 3.14. The number of rotatable bonds is 2. The predicted octanol–water partition coefficient (Wildman–Crippen LogP) is 2.53. The van der Waals surface area contributed by atoms with E-state index in [1.165, 1.54) is 36.5 Å². The SMILES string of the molecule is O=C(Nc1ccc(F)cc1Br)c1cc[nH]c(=O)c1. The number of H-pyrrole nitrogens is 1. The number of carbonyl (C=O) groups is 1. The van der Waals surface area contributed by atoms with Gasteiger partial charge in [0.2, 0.25) is 5.56 Å². The molecule has 1 heterocycles. The van der Waals surface area contributed by atoms with Gasteiger partial charge in [-0.15, -0.1) is 0 Å². The molecule has 0 saturated carbocycles. The van der Waals surface area contributed by atoms with Crippen LogP contribution >= 0.6 is 15.9 Å². The van der Waals surface area contributed by atoms with Crippen molar-refractivity contribution in [2.45, 2.75) is 0 Å². The van der Waals surface area contributed by atoms with E-state index in [4.69, 9.17) is 0 Å². The summed E-state index contributed by atoms with van der Waals surface area (Å²) in [7, 11) is 0. The molecule has 92 valence electrons. The standard InChI is InChI=1S/C12H8BrFN2O2/c13-9-6-8(14)1-2-10(9)16-12(18)7-3-4-15-11(17)5-7/h1-6H,(H,15,17)(H,16,18). The Kier molecular flexibility index (Phi) is 3.57. The van der Waals surface area contributed by atoms with Gasteiger partial charge in [-0.1, -0.05) is 0 Å². The Morgan fingerprint density at radius 2 is 2.06 bits per heavy atom. The fourth-order valence-electron chi connectivity index (χ4n) is 1.37. The quantitative estimate of drug-likeness (QED) is 0.895. The summed E-state index contributed by atoms with van der Waals surface area (Å²) in [4.78, 5) is 25.3. The summed E-state index contributed by atoms with van der Waals surface area (Å²) in [6.45, 7) is 0. The van der Waals surface area contributed by atoms with E-state index in [0.717, 1.165) is 0 Å². The van der Waals surface area contributed by atoms with Crippen LogP contribution in [0, 0.1) is 5.82 Å². The molecule has 0 aliphatic heterocycles. The third-order valence-electron chi connectivity index (χ3n) is 2.22. The fraction of sp³-hybridized carbons (Fsp3) is 0. The van der Waals surface area contributed by atoms with Crippen LogP contribution < -0.4 is 10.9 Å². The molecule has 2 rings (SSSR count). The normalized spacial score (nSPS) is 10.1. The Morgan fingerprint density at radius 1 is 1.28 bits per heavy atom. The van der Waals surface area contributed by atoms with Crippen LogP contribution in [0.3, 0.4) is 0 Å². The lowest BCUT2D eigenvalue weighted by molar-refractivity contribution is 0.102. The monoisotopic (exact) mass is 310 g/mol. The second kappa shape index (κ2) is 5.14. The second-order valence-electron chi connectivity index (χ2n) is 3.52. The molecule has 2 aromatic rings. The first-order chi connectivity index (χ1) is 8.56. The molecule has 4 nitrogen and oxygen atoms in total. The summed E-state index contributed by atoms with van der Waals surface area (Å²) in [5.41, 5.74) is 0.303. The molecule has 1 amide bonds. The van der Waals surface area contributed by atoms with Gasteiger partial charge in [-0.2, -0.15) is 0 Å². The van der Waals surface area contributed by atoms with Crippen molar-refractivity contribution >= 4 is 27.5 Å². The number of amides is 1. The Hall–Kier alpha value is -1.95. The first-order valence-corrected chi connectivity index (χ1v) is 5.81. The minimum absolute atomic E-state index is 0.231. The molecule has 0 fully saturated rings. The summed E-state index contributed by atoms with van der Waals surface area (Å²) in [6, 6.07) is 6.58. The summed E-state index contributed by atoms with van der Waals surface area (Å²) < 4.78 is 13.3. The first-order valence-electron chi connectivity index (χ1n) is 5.01.